The van der Waals surface area contributed by atoms with Gasteiger partial charge in [-0.25, -0.2) is 0 Å². The molecule has 0 amide bonds. The third-order valence-electron chi connectivity index (χ3n) is 7.56. The van der Waals surface area contributed by atoms with E-state index < -0.39 is 0 Å². The van der Waals surface area contributed by atoms with E-state index in [0.717, 1.165) is 79.9 Å². The van der Waals surface area contributed by atoms with Crippen LogP contribution in [0.4, 0.5) is 5.69 Å². The Hall–Kier alpha value is -3.21. The number of aryl methyl sites for hydroxylation is 2. The highest BCUT2D eigenvalue weighted by atomic mass is 35.5. The first-order chi connectivity index (χ1) is 17.8. The minimum Gasteiger partial charge on any atom is -0.384 e. The maximum atomic E-state index is 6.13. The highest BCUT2D eigenvalue weighted by Gasteiger charge is 2.24. The zero-order valence-electron chi connectivity index (χ0n) is 20.5. The van der Waals surface area contributed by atoms with E-state index in [9.17, 15) is 0 Å². The van der Waals surface area contributed by atoms with Gasteiger partial charge in [0.25, 0.3) is 0 Å². The van der Waals surface area contributed by atoms with Crippen LogP contribution in [0, 0.1) is 0 Å². The molecule has 1 aliphatic carbocycles. The molecule has 0 saturated carbocycles. The standard InChI is InChI=1S/C31H31ClN4/c32-25-10-11-27-28(12-17-34-29(27)21-25)33-16-4-18-36-19-13-23(14-20-36)30-26-7-2-1-5-22(26)8-9-24-6-3-15-35-31(24)30/h1-3,5-7,10-12,15,17,21H,4,8-9,13-14,16,18-20H2,(H,33,34). The fourth-order valence-electron chi connectivity index (χ4n) is 5.70. The molecule has 2 aromatic carbocycles. The summed E-state index contributed by atoms with van der Waals surface area (Å²) < 4.78 is 0. The van der Waals surface area contributed by atoms with E-state index >= 15 is 0 Å². The lowest BCUT2D eigenvalue weighted by molar-refractivity contribution is 0.256. The molecular formula is C31H31ClN4. The summed E-state index contributed by atoms with van der Waals surface area (Å²) in [5, 5.41) is 5.45. The second-order valence-electron chi connectivity index (χ2n) is 9.79. The van der Waals surface area contributed by atoms with Crippen LogP contribution in [0.5, 0.6) is 0 Å². The maximum Gasteiger partial charge on any atom is 0.0739 e. The highest BCUT2D eigenvalue weighted by Crippen LogP contribution is 2.37. The predicted molar refractivity (Wildman–Crippen MR) is 150 cm³/mol. The predicted octanol–water partition coefficient (Wildman–Crippen LogP) is 6.78. The molecule has 0 radical (unpaired) electrons. The summed E-state index contributed by atoms with van der Waals surface area (Å²) in [6, 6.07) is 21.2. The van der Waals surface area contributed by atoms with Gasteiger partial charge in [-0.1, -0.05) is 47.5 Å². The van der Waals surface area contributed by atoms with Crippen molar-refractivity contribution in [3.63, 3.8) is 0 Å². The fraction of sp³-hybridized carbons (Fsp3) is 0.290. The van der Waals surface area contributed by atoms with Crippen LogP contribution in [0.1, 0.15) is 41.6 Å². The molecule has 2 aliphatic rings. The largest absolute Gasteiger partial charge is 0.384 e. The quantitative estimate of drug-likeness (QED) is 0.310. The number of anilines is 1. The van der Waals surface area contributed by atoms with Gasteiger partial charge < -0.3 is 10.2 Å². The Kier molecular flexibility index (Phi) is 6.71. The van der Waals surface area contributed by atoms with Gasteiger partial charge in [-0.3, -0.25) is 9.97 Å². The summed E-state index contributed by atoms with van der Waals surface area (Å²) >= 11 is 6.13. The number of hydrogen-bond donors (Lipinski definition) is 1. The van der Waals surface area contributed by atoms with Crippen LogP contribution in [-0.4, -0.2) is 41.0 Å². The number of rotatable bonds is 5. The minimum absolute atomic E-state index is 0.721. The molecule has 1 fully saturated rings. The number of nitrogens with zero attached hydrogens (tertiary/aromatic N) is 3. The number of fused-ring (bicyclic) bond motifs is 3. The summed E-state index contributed by atoms with van der Waals surface area (Å²) in [5.74, 6) is 0. The van der Waals surface area contributed by atoms with E-state index in [2.05, 4.69) is 51.6 Å². The summed E-state index contributed by atoms with van der Waals surface area (Å²) in [5.41, 5.74) is 10.5. The lowest BCUT2D eigenvalue weighted by Crippen LogP contribution is -2.32. The van der Waals surface area contributed by atoms with Gasteiger partial charge in [-0.05, 0) is 85.7 Å². The number of hydrogen-bond acceptors (Lipinski definition) is 4. The topological polar surface area (TPSA) is 41.0 Å². The Bertz CT molecular complexity index is 1370. The molecule has 3 heterocycles. The number of piperidine rings is 1. The fourth-order valence-corrected chi connectivity index (χ4v) is 5.87. The first-order valence-corrected chi connectivity index (χ1v) is 13.4. The molecular weight excluding hydrogens is 464 g/mol. The normalized spacial score (nSPS) is 15.9. The lowest BCUT2D eigenvalue weighted by atomic mass is 9.88. The Labute approximate surface area is 218 Å². The molecule has 0 atom stereocenters. The van der Waals surface area contributed by atoms with Gasteiger partial charge in [0.15, 0.2) is 0 Å². The van der Waals surface area contributed by atoms with Crippen molar-refractivity contribution in [3.05, 3.63) is 106 Å². The Morgan fingerprint density at radius 2 is 1.67 bits per heavy atom. The minimum atomic E-state index is 0.721. The average Bonchev–Trinajstić information content (AvgIpc) is 3.08. The molecule has 0 spiro atoms. The molecule has 2 aromatic heterocycles. The van der Waals surface area contributed by atoms with Crippen molar-refractivity contribution < 1.29 is 0 Å². The molecule has 36 heavy (non-hydrogen) atoms. The van der Waals surface area contributed by atoms with Crippen molar-refractivity contribution in [3.8, 4) is 0 Å². The molecule has 4 aromatic rings. The average molecular weight is 495 g/mol. The van der Waals surface area contributed by atoms with Gasteiger partial charge >= 0.3 is 0 Å². The van der Waals surface area contributed by atoms with Gasteiger partial charge in [-0.2, -0.15) is 0 Å². The number of halogens is 1. The van der Waals surface area contributed by atoms with E-state index in [-0.39, 0.29) is 0 Å². The number of pyridine rings is 2. The number of nitrogens with one attached hydrogen (secondary N) is 1. The van der Waals surface area contributed by atoms with E-state index in [1.54, 1.807) is 5.57 Å². The van der Waals surface area contributed by atoms with Crippen LogP contribution < -0.4 is 5.32 Å². The Balaban J connectivity index is 1.11. The monoisotopic (exact) mass is 494 g/mol. The first kappa shape index (κ1) is 23.2. The molecule has 4 nitrogen and oxygen atoms in total. The first-order valence-electron chi connectivity index (χ1n) is 13.0. The van der Waals surface area contributed by atoms with Gasteiger partial charge in [0.1, 0.15) is 0 Å². The van der Waals surface area contributed by atoms with Gasteiger partial charge in [0, 0.05) is 53.7 Å². The summed E-state index contributed by atoms with van der Waals surface area (Å²) in [4.78, 5) is 11.9. The number of aromatic nitrogens is 2. The smallest absolute Gasteiger partial charge is 0.0739 e. The SMILES string of the molecule is Clc1ccc2c(NCCCN3CCC(=C4c5ccccc5CCc5cccnc54)CC3)ccnc2c1. The zero-order chi connectivity index (χ0) is 24.3. The van der Waals surface area contributed by atoms with E-state index in [1.807, 2.05) is 36.7 Å². The van der Waals surface area contributed by atoms with Crippen LogP contribution in [0.2, 0.25) is 5.02 Å². The molecule has 182 valence electrons. The second-order valence-corrected chi connectivity index (χ2v) is 10.2. The third-order valence-corrected chi connectivity index (χ3v) is 7.80. The van der Waals surface area contributed by atoms with Gasteiger partial charge in [-0.15, -0.1) is 0 Å². The highest BCUT2D eigenvalue weighted by molar-refractivity contribution is 6.31. The molecule has 1 saturated heterocycles. The maximum absolute atomic E-state index is 6.13. The van der Waals surface area contributed by atoms with Crippen molar-refractivity contribution in [2.75, 3.05) is 31.5 Å². The van der Waals surface area contributed by atoms with Gasteiger partial charge in [0.05, 0.1) is 11.2 Å². The molecule has 5 heteroatoms. The van der Waals surface area contributed by atoms with Crippen LogP contribution in [-0.2, 0) is 12.8 Å². The lowest BCUT2D eigenvalue weighted by Gasteiger charge is -2.30. The Morgan fingerprint density at radius 1 is 0.833 bits per heavy atom. The summed E-state index contributed by atoms with van der Waals surface area (Å²) in [6.07, 6.45) is 9.29. The second kappa shape index (κ2) is 10.4. The van der Waals surface area contributed by atoms with Crippen molar-refractivity contribution in [2.24, 2.45) is 0 Å². The summed E-state index contributed by atoms with van der Waals surface area (Å²) in [7, 11) is 0. The van der Waals surface area contributed by atoms with E-state index in [4.69, 9.17) is 16.6 Å². The molecule has 1 N–H and O–H groups in total. The molecule has 6 rings (SSSR count). The molecule has 1 aliphatic heterocycles. The van der Waals surface area contributed by atoms with Crippen molar-refractivity contribution >= 4 is 33.8 Å². The van der Waals surface area contributed by atoms with Crippen LogP contribution in [0.25, 0.3) is 16.5 Å². The van der Waals surface area contributed by atoms with Crippen LogP contribution >= 0.6 is 11.6 Å². The molecule has 0 bridgehead atoms. The Morgan fingerprint density at radius 3 is 2.58 bits per heavy atom. The third kappa shape index (κ3) is 4.76. The number of benzene rings is 2. The van der Waals surface area contributed by atoms with Crippen LogP contribution in [0.15, 0.2) is 78.6 Å². The summed E-state index contributed by atoms with van der Waals surface area (Å²) in [6.45, 7) is 4.27. The zero-order valence-corrected chi connectivity index (χ0v) is 21.3. The van der Waals surface area contributed by atoms with Crippen molar-refractivity contribution in [1.29, 1.82) is 0 Å². The van der Waals surface area contributed by atoms with E-state index in [0.29, 0.717) is 0 Å². The van der Waals surface area contributed by atoms with E-state index in [1.165, 1.54) is 28.0 Å². The van der Waals surface area contributed by atoms with Crippen molar-refractivity contribution in [2.45, 2.75) is 32.1 Å². The van der Waals surface area contributed by atoms with Crippen molar-refractivity contribution in [1.82, 2.24) is 14.9 Å². The van der Waals surface area contributed by atoms with Gasteiger partial charge in [0.2, 0.25) is 0 Å². The molecule has 0 unspecified atom stereocenters. The van der Waals surface area contributed by atoms with Crippen LogP contribution in [0.3, 0.4) is 0 Å². The number of likely N-dealkylation sites (tertiary alicyclic amines) is 1.